The Hall–Kier alpha value is -2.10. The molecule has 0 spiro atoms. The van der Waals surface area contributed by atoms with Crippen LogP contribution >= 0.6 is 0 Å². The summed E-state index contributed by atoms with van der Waals surface area (Å²) >= 11 is 0. The number of nitrogens with one attached hydrogen (secondary N) is 1. The molecular formula is C17H19N3O2S. The molecule has 5 nitrogen and oxygen atoms in total. The Morgan fingerprint density at radius 3 is 2.65 bits per heavy atom. The lowest BCUT2D eigenvalue weighted by Crippen LogP contribution is -2.24. The second-order valence-corrected chi connectivity index (χ2v) is 7.67. The second kappa shape index (κ2) is 5.84. The molecule has 0 radical (unpaired) electrons. The van der Waals surface area contributed by atoms with Crippen molar-refractivity contribution in [3.05, 3.63) is 52.8 Å². The van der Waals surface area contributed by atoms with Crippen LogP contribution in [-0.2, 0) is 16.6 Å². The predicted molar refractivity (Wildman–Crippen MR) is 87.4 cm³/mol. The zero-order chi connectivity index (χ0) is 16.6. The molecule has 1 aromatic carbocycles. The maximum Gasteiger partial charge on any atom is 0.242 e. The standard InChI is InChI=1S/C17H19N3O2S/c1-12-9-15(13(2)20(12)16-7-8-16)11-19-23(21,22)17-6-4-3-5-14(17)10-18/h3-6,9,16,19H,7-8,11H2,1-2H3. The molecule has 0 unspecified atom stereocenters. The first kappa shape index (κ1) is 15.8. The van der Waals surface area contributed by atoms with Gasteiger partial charge in [-0.25, -0.2) is 13.1 Å². The summed E-state index contributed by atoms with van der Waals surface area (Å²) in [6, 6.07) is 10.8. The first-order valence-electron chi connectivity index (χ1n) is 7.60. The Bertz CT molecular complexity index is 887. The summed E-state index contributed by atoms with van der Waals surface area (Å²) in [5.74, 6) is 0. The Balaban J connectivity index is 1.83. The van der Waals surface area contributed by atoms with E-state index in [0.717, 1.165) is 17.0 Å². The van der Waals surface area contributed by atoms with E-state index in [4.69, 9.17) is 5.26 Å². The maximum absolute atomic E-state index is 12.5. The van der Waals surface area contributed by atoms with Gasteiger partial charge in [0.25, 0.3) is 0 Å². The van der Waals surface area contributed by atoms with Gasteiger partial charge in [-0.15, -0.1) is 0 Å². The molecule has 1 aliphatic carbocycles. The van der Waals surface area contributed by atoms with E-state index >= 15 is 0 Å². The number of nitriles is 1. The largest absolute Gasteiger partial charge is 0.346 e. The summed E-state index contributed by atoms with van der Waals surface area (Å²) < 4.78 is 29.8. The molecule has 1 heterocycles. The molecule has 3 rings (SSSR count). The van der Waals surface area contributed by atoms with Crippen LogP contribution in [0, 0.1) is 25.2 Å². The Kier molecular flexibility index (Phi) is 4.00. The Morgan fingerprint density at radius 1 is 1.30 bits per heavy atom. The van der Waals surface area contributed by atoms with Crippen molar-refractivity contribution >= 4 is 10.0 Å². The summed E-state index contributed by atoms with van der Waals surface area (Å²) in [5, 5.41) is 9.07. The molecule has 0 atom stereocenters. The van der Waals surface area contributed by atoms with E-state index in [2.05, 4.69) is 9.29 Å². The number of rotatable bonds is 5. The van der Waals surface area contributed by atoms with Crippen molar-refractivity contribution in [1.82, 2.24) is 9.29 Å². The molecule has 1 saturated carbocycles. The second-order valence-electron chi connectivity index (χ2n) is 5.93. The molecule has 1 fully saturated rings. The average Bonchev–Trinajstić information content (AvgIpc) is 3.31. The van der Waals surface area contributed by atoms with Crippen LogP contribution in [0.4, 0.5) is 0 Å². The van der Waals surface area contributed by atoms with Crippen molar-refractivity contribution in [2.24, 2.45) is 0 Å². The number of nitrogens with zero attached hydrogens (tertiary/aromatic N) is 2. The van der Waals surface area contributed by atoms with E-state index in [1.165, 1.54) is 25.0 Å². The van der Waals surface area contributed by atoms with Crippen LogP contribution in [0.1, 0.15) is 41.4 Å². The lowest BCUT2D eigenvalue weighted by molar-refractivity contribution is 0.580. The molecule has 0 saturated heterocycles. The SMILES string of the molecule is Cc1cc(CNS(=O)(=O)c2ccccc2C#N)c(C)n1C1CC1. The summed E-state index contributed by atoms with van der Waals surface area (Å²) in [7, 11) is -3.71. The molecule has 0 bridgehead atoms. The van der Waals surface area contributed by atoms with Gasteiger partial charge in [0.15, 0.2) is 0 Å². The third-order valence-electron chi connectivity index (χ3n) is 4.25. The molecule has 2 aromatic rings. The van der Waals surface area contributed by atoms with Crippen molar-refractivity contribution < 1.29 is 8.42 Å². The van der Waals surface area contributed by atoms with Gasteiger partial charge >= 0.3 is 0 Å². The van der Waals surface area contributed by atoms with Crippen molar-refractivity contribution in [3.8, 4) is 6.07 Å². The van der Waals surface area contributed by atoms with E-state index in [0.29, 0.717) is 6.04 Å². The zero-order valence-electron chi connectivity index (χ0n) is 13.2. The number of hydrogen-bond donors (Lipinski definition) is 1. The van der Waals surface area contributed by atoms with Crippen LogP contribution < -0.4 is 4.72 Å². The van der Waals surface area contributed by atoms with Crippen LogP contribution in [0.3, 0.4) is 0 Å². The maximum atomic E-state index is 12.5. The molecule has 6 heteroatoms. The van der Waals surface area contributed by atoms with E-state index in [1.807, 2.05) is 26.0 Å². The zero-order valence-corrected chi connectivity index (χ0v) is 14.0. The van der Waals surface area contributed by atoms with E-state index in [1.54, 1.807) is 12.1 Å². The van der Waals surface area contributed by atoms with E-state index in [9.17, 15) is 8.42 Å². The number of aryl methyl sites for hydroxylation is 1. The number of benzene rings is 1. The van der Waals surface area contributed by atoms with Crippen molar-refractivity contribution in [3.63, 3.8) is 0 Å². The summed E-state index contributed by atoms with van der Waals surface area (Å²) in [6.45, 7) is 4.31. The molecule has 0 aliphatic heterocycles. The summed E-state index contributed by atoms with van der Waals surface area (Å²) in [5.41, 5.74) is 3.41. The fourth-order valence-electron chi connectivity index (χ4n) is 2.96. The van der Waals surface area contributed by atoms with Crippen LogP contribution in [-0.4, -0.2) is 13.0 Å². The smallest absolute Gasteiger partial charge is 0.242 e. The molecule has 0 amide bonds. The molecule has 1 aliphatic rings. The van der Waals surface area contributed by atoms with E-state index < -0.39 is 10.0 Å². The van der Waals surface area contributed by atoms with Gasteiger partial charge in [-0.2, -0.15) is 5.26 Å². The van der Waals surface area contributed by atoms with Gasteiger partial charge in [0, 0.05) is 24.0 Å². The molecule has 120 valence electrons. The Labute approximate surface area is 136 Å². The number of aromatic nitrogens is 1. The average molecular weight is 329 g/mol. The van der Waals surface area contributed by atoms with Crippen LogP contribution in [0.2, 0.25) is 0 Å². The minimum absolute atomic E-state index is 0.0264. The molecule has 1 N–H and O–H groups in total. The predicted octanol–water partition coefficient (Wildman–Crippen LogP) is 2.79. The monoisotopic (exact) mass is 329 g/mol. The highest BCUT2D eigenvalue weighted by atomic mass is 32.2. The highest BCUT2D eigenvalue weighted by Gasteiger charge is 2.27. The minimum atomic E-state index is -3.71. The first-order valence-corrected chi connectivity index (χ1v) is 9.08. The highest BCUT2D eigenvalue weighted by Crippen LogP contribution is 2.38. The number of hydrogen-bond acceptors (Lipinski definition) is 3. The summed E-state index contributed by atoms with van der Waals surface area (Å²) in [6.07, 6.45) is 2.38. The van der Waals surface area contributed by atoms with Crippen LogP contribution in [0.25, 0.3) is 0 Å². The van der Waals surface area contributed by atoms with Crippen LogP contribution in [0.5, 0.6) is 0 Å². The lowest BCUT2D eigenvalue weighted by Gasteiger charge is -2.10. The first-order chi connectivity index (χ1) is 10.9. The minimum Gasteiger partial charge on any atom is -0.346 e. The van der Waals surface area contributed by atoms with Crippen molar-refractivity contribution in [2.75, 3.05) is 0 Å². The van der Waals surface area contributed by atoms with Gasteiger partial charge in [0.05, 0.1) is 10.5 Å². The van der Waals surface area contributed by atoms with Crippen LogP contribution in [0.15, 0.2) is 35.2 Å². The van der Waals surface area contributed by atoms with Gasteiger partial charge in [-0.05, 0) is 50.5 Å². The third kappa shape index (κ3) is 3.03. The third-order valence-corrected chi connectivity index (χ3v) is 5.71. The van der Waals surface area contributed by atoms with Gasteiger partial charge in [-0.3, -0.25) is 0 Å². The van der Waals surface area contributed by atoms with Gasteiger partial charge in [0.1, 0.15) is 6.07 Å². The van der Waals surface area contributed by atoms with Gasteiger partial charge < -0.3 is 4.57 Å². The van der Waals surface area contributed by atoms with Gasteiger partial charge in [0.2, 0.25) is 10.0 Å². The molecular weight excluding hydrogens is 310 g/mol. The Morgan fingerprint density at radius 2 is 2.00 bits per heavy atom. The van der Waals surface area contributed by atoms with Crippen molar-refractivity contribution in [1.29, 1.82) is 5.26 Å². The quantitative estimate of drug-likeness (QED) is 0.916. The highest BCUT2D eigenvalue weighted by molar-refractivity contribution is 7.89. The topological polar surface area (TPSA) is 74.9 Å². The normalized spacial score (nSPS) is 14.7. The fourth-order valence-corrected chi connectivity index (χ4v) is 4.12. The fraction of sp³-hybridized carbons (Fsp3) is 0.353. The van der Waals surface area contributed by atoms with E-state index in [-0.39, 0.29) is 17.0 Å². The number of sulfonamides is 1. The molecule has 1 aromatic heterocycles. The van der Waals surface area contributed by atoms with Gasteiger partial charge in [-0.1, -0.05) is 12.1 Å². The van der Waals surface area contributed by atoms with Crippen molar-refractivity contribution in [2.45, 2.75) is 44.2 Å². The molecule has 23 heavy (non-hydrogen) atoms. The lowest BCUT2D eigenvalue weighted by atomic mass is 10.2. The summed E-state index contributed by atoms with van der Waals surface area (Å²) in [4.78, 5) is 0.0264.